The largest absolute Gasteiger partial charge is 0.497 e. The Balaban J connectivity index is 3.23. The van der Waals surface area contributed by atoms with Gasteiger partial charge in [0.1, 0.15) is 16.9 Å². The van der Waals surface area contributed by atoms with E-state index < -0.39 is 11.4 Å². The van der Waals surface area contributed by atoms with Crippen molar-refractivity contribution in [3.63, 3.8) is 0 Å². The Labute approximate surface area is 112 Å². The molecule has 0 N–H and O–H groups in total. The molecule has 1 aromatic carbocycles. The minimum absolute atomic E-state index is 0.318. The van der Waals surface area contributed by atoms with Crippen LogP contribution in [0.3, 0.4) is 0 Å². The van der Waals surface area contributed by atoms with Gasteiger partial charge in [0, 0.05) is 6.07 Å². The third-order valence-corrected chi connectivity index (χ3v) is 2.92. The van der Waals surface area contributed by atoms with Gasteiger partial charge in [-0.2, -0.15) is 0 Å². The van der Waals surface area contributed by atoms with Gasteiger partial charge in [-0.15, -0.1) is 0 Å². The zero-order valence-corrected chi connectivity index (χ0v) is 11.8. The standard InChI is InChI=1S/C14H18O5/c1-14(2,13(16)19-5)12(15)10-7-6-9(17-3)8-11(10)18-4/h6-8H,1-5H3. The summed E-state index contributed by atoms with van der Waals surface area (Å²) >= 11 is 0. The second kappa shape index (κ2) is 5.73. The van der Waals surface area contributed by atoms with Crippen molar-refractivity contribution in [3.05, 3.63) is 23.8 Å². The summed E-state index contributed by atoms with van der Waals surface area (Å²) in [6.45, 7) is 3.04. The molecular weight excluding hydrogens is 248 g/mol. The minimum Gasteiger partial charge on any atom is -0.497 e. The lowest BCUT2D eigenvalue weighted by molar-refractivity contribution is -0.147. The van der Waals surface area contributed by atoms with Crippen LogP contribution >= 0.6 is 0 Å². The highest BCUT2D eigenvalue weighted by molar-refractivity contribution is 6.13. The van der Waals surface area contributed by atoms with E-state index >= 15 is 0 Å². The molecule has 0 radical (unpaired) electrons. The number of ether oxygens (including phenoxy) is 3. The first-order chi connectivity index (χ1) is 8.88. The molecule has 0 aliphatic heterocycles. The molecule has 0 atom stereocenters. The Morgan fingerprint density at radius 1 is 1.05 bits per heavy atom. The first-order valence-corrected chi connectivity index (χ1v) is 5.73. The highest BCUT2D eigenvalue weighted by atomic mass is 16.5. The van der Waals surface area contributed by atoms with Crippen LogP contribution in [-0.4, -0.2) is 33.1 Å². The first kappa shape index (κ1) is 15.0. The summed E-state index contributed by atoms with van der Waals surface area (Å²) in [7, 11) is 4.23. The molecule has 0 amide bonds. The first-order valence-electron chi connectivity index (χ1n) is 5.73. The molecule has 19 heavy (non-hydrogen) atoms. The summed E-state index contributed by atoms with van der Waals surface area (Å²) in [5.41, 5.74) is -0.949. The van der Waals surface area contributed by atoms with E-state index in [4.69, 9.17) is 9.47 Å². The van der Waals surface area contributed by atoms with Gasteiger partial charge in [-0.25, -0.2) is 0 Å². The Bertz CT molecular complexity index is 491. The van der Waals surface area contributed by atoms with Crippen LogP contribution in [-0.2, 0) is 9.53 Å². The van der Waals surface area contributed by atoms with Gasteiger partial charge in [-0.3, -0.25) is 9.59 Å². The van der Waals surface area contributed by atoms with Crippen LogP contribution in [0.25, 0.3) is 0 Å². The van der Waals surface area contributed by atoms with Gasteiger partial charge in [-0.05, 0) is 26.0 Å². The number of esters is 1. The van der Waals surface area contributed by atoms with Crippen molar-refractivity contribution in [2.45, 2.75) is 13.8 Å². The van der Waals surface area contributed by atoms with Gasteiger partial charge in [0.15, 0.2) is 5.78 Å². The zero-order valence-electron chi connectivity index (χ0n) is 11.8. The second-order valence-corrected chi connectivity index (χ2v) is 4.51. The lowest BCUT2D eigenvalue weighted by atomic mass is 9.84. The molecule has 0 heterocycles. The van der Waals surface area contributed by atoms with Crippen molar-refractivity contribution in [1.29, 1.82) is 0 Å². The van der Waals surface area contributed by atoms with Crippen LogP contribution < -0.4 is 9.47 Å². The van der Waals surface area contributed by atoms with Crippen molar-refractivity contribution in [2.24, 2.45) is 5.41 Å². The van der Waals surface area contributed by atoms with Crippen molar-refractivity contribution in [1.82, 2.24) is 0 Å². The molecule has 0 unspecified atom stereocenters. The van der Waals surface area contributed by atoms with Gasteiger partial charge in [0.25, 0.3) is 0 Å². The Morgan fingerprint density at radius 2 is 1.68 bits per heavy atom. The third kappa shape index (κ3) is 2.86. The molecule has 0 saturated carbocycles. The zero-order chi connectivity index (χ0) is 14.6. The van der Waals surface area contributed by atoms with Crippen molar-refractivity contribution in [2.75, 3.05) is 21.3 Å². The minimum atomic E-state index is -1.27. The molecule has 5 heteroatoms. The molecule has 0 bridgehead atoms. The van der Waals surface area contributed by atoms with E-state index in [0.29, 0.717) is 17.1 Å². The normalized spacial score (nSPS) is 10.8. The van der Waals surface area contributed by atoms with Gasteiger partial charge in [0.05, 0.1) is 26.9 Å². The summed E-state index contributed by atoms with van der Waals surface area (Å²) in [6, 6.07) is 4.81. The number of carbonyl (C=O) groups is 2. The van der Waals surface area contributed by atoms with E-state index in [0.717, 1.165) is 0 Å². The lowest BCUT2D eigenvalue weighted by Crippen LogP contribution is -2.34. The molecule has 0 aliphatic rings. The van der Waals surface area contributed by atoms with E-state index in [2.05, 4.69) is 4.74 Å². The van der Waals surface area contributed by atoms with Crippen LogP contribution in [0.15, 0.2) is 18.2 Å². The van der Waals surface area contributed by atoms with Crippen LogP contribution in [0, 0.1) is 5.41 Å². The highest BCUT2D eigenvalue weighted by Gasteiger charge is 2.39. The Kier molecular flexibility index (Phi) is 4.53. The number of ketones is 1. The van der Waals surface area contributed by atoms with Crippen LogP contribution in [0.5, 0.6) is 11.5 Å². The van der Waals surface area contributed by atoms with Crippen LogP contribution in [0.4, 0.5) is 0 Å². The molecule has 1 rings (SSSR count). The Morgan fingerprint density at radius 3 is 2.16 bits per heavy atom. The van der Waals surface area contributed by atoms with Gasteiger partial charge in [-0.1, -0.05) is 0 Å². The number of Topliss-reactive ketones (excluding diaryl/α,β-unsaturated/α-hetero) is 1. The molecule has 0 aromatic heterocycles. The van der Waals surface area contributed by atoms with Crippen molar-refractivity contribution >= 4 is 11.8 Å². The SMILES string of the molecule is COC(=O)C(C)(C)C(=O)c1ccc(OC)cc1OC. The molecule has 104 valence electrons. The predicted octanol–water partition coefficient (Wildman–Crippen LogP) is 2.09. The number of hydrogen-bond donors (Lipinski definition) is 0. The van der Waals surface area contributed by atoms with E-state index in [1.807, 2.05) is 0 Å². The van der Waals surface area contributed by atoms with Gasteiger partial charge >= 0.3 is 5.97 Å². The van der Waals surface area contributed by atoms with Gasteiger partial charge in [0.2, 0.25) is 0 Å². The maximum Gasteiger partial charge on any atom is 0.319 e. The fourth-order valence-corrected chi connectivity index (χ4v) is 1.67. The van der Waals surface area contributed by atoms with E-state index in [1.165, 1.54) is 35.2 Å². The van der Waals surface area contributed by atoms with E-state index in [1.54, 1.807) is 18.2 Å². The third-order valence-electron chi connectivity index (χ3n) is 2.92. The molecule has 0 fully saturated rings. The molecule has 0 saturated heterocycles. The quantitative estimate of drug-likeness (QED) is 0.464. The summed E-state index contributed by atoms with van der Waals surface area (Å²) in [6.07, 6.45) is 0. The van der Waals surface area contributed by atoms with E-state index in [-0.39, 0.29) is 5.78 Å². The monoisotopic (exact) mass is 266 g/mol. The molecule has 5 nitrogen and oxygen atoms in total. The van der Waals surface area contributed by atoms with Crippen LogP contribution in [0.2, 0.25) is 0 Å². The predicted molar refractivity (Wildman–Crippen MR) is 69.7 cm³/mol. The van der Waals surface area contributed by atoms with E-state index in [9.17, 15) is 9.59 Å². The summed E-state index contributed by atoms with van der Waals surface area (Å²) in [5.74, 6) is -0.0140. The van der Waals surface area contributed by atoms with Crippen molar-refractivity contribution in [3.8, 4) is 11.5 Å². The average Bonchev–Trinajstić information content (AvgIpc) is 2.44. The molecular formula is C14H18O5. The molecule has 0 aliphatic carbocycles. The number of rotatable bonds is 5. The number of carbonyl (C=O) groups excluding carboxylic acids is 2. The number of hydrogen-bond acceptors (Lipinski definition) is 5. The topological polar surface area (TPSA) is 61.8 Å². The van der Waals surface area contributed by atoms with Crippen molar-refractivity contribution < 1.29 is 23.8 Å². The molecule has 0 spiro atoms. The van der Waals surface area contributed by atoms with Crippen LogP contribution in [0.1, 0.15) is 24.2 Å². The summed E-state index contributed by atoms with van der Waals surface area (Å²) in [5, 5.41) is 0. The molecule has 1 aromatic rings. The maximum absolute atomic E-state index is 12.4. The smallest absolute Gasteiger partial charge is 0.319 e. The fourth-order valence-electron chi connectivity index (χ4n) is 1.67. The average molecular weight is 266 g/mol. The fraction of sp³-hybridized carbons (Fsp3) is 0.429. The Hall–Kier alpha value is -2.04. The highest BCUT2D eigenvalue weighted by Crippen LogP contribution is 2.31. The second-order valence-electron chi connectivity index (χ2n) is 4.51. The number of methoxy groups -OCH3 is 3. The van der Waals surface area contributed by atoms with Gasteiger partial charge < -0.3 is 14.2 Å². The summed E-state index contributed by atoms with van der Waals surface area (Å²) in [4.78, 5) is 24.1. The summed E-state index contributed by atoms with van der Waals surface area (Å²) < 4.78 is 14.9. The number of benzene rings is 1. The lowest BCUT2D eigenvalue weighted by Gasteiger charge is -2.21. The maximum atomic E-state index is 12.4.